The number of aryl methyl sites for hydroxylation is 1. The average Bonchev–Trinajstić information content (AvgIpc) is 3.29. The second kappa shape index (κ2) is 11.0. The summed E-state index contributed by atoms with van der Waals surface area (Å²) in [4.78, 5) is 43.6. The first kappa shape index (κ1) is 25.6. The van der Waals surface area contributed by atoms with Crippen molar-refractivity contribution in [2.45, 2.75) is 31.5 Å². The van der Waals surface area contributed by atoms with Crippen molar-refractivity contribution in [2.24, 2.45) is 5.73 Å². The molecule has 0 spiro atoms. The van der Waals surface area contributed by atoms with Gasteiger partial charge in [-0.15, -0.1) is 0 Å². The molecule has 1 aromatic heterocycles. The summed E-state index contributed by atoms with van der Waals surface area (Å²) in [5.41, 5.74) is 5.66. The number of amides is 2. The number of nitrogens with zero attached hydrogens (tertiary/aromatic N) is 2. The predicted octanol–water partition coefficient (Wildman–Crippen LogP) is 1.88. The largest absolute Gasteiger partial charge is 0.444 e. The van der Waals surface area contributed by atoms with Crippen molar-refractivity contribution in [3.05, 3.63) is 93.7 Å². The Morgan fingerprint density at radius 1 is 1.14 bits per heavy atom. The Balaban J connectivity index is 1.52. The fourth-order valence-electron chi connectivity index (χ4n) is 4.30. The van der Waals surface area contributed by atoms with Gasteiger partial charge in [-0.25, -0.2) is 9.78 Å². The summed E-state index contributed by atoms with van der Waals surface area (Å²) in [7, 11) is 1.45. The molecule has 1 aliphatic rings. The molecular weight excluding hydrogens is 476 g/mol. The van der Waals surface area contributed by atoms with Gasteiger partial charge in [-0.1, -0.05) is 54.6 Å². The minimum Gasteiger partial charge on any atom is -0.444 e. The minimum atomic E-state index is -1.33. The molecule has 4 rings (SSSR count). The number of methoxy groups -OCH3 is 1. The van der Waals surface area contributed by atoms with Gasteiger partial charge in [0.25, 0.3) is 5.56 Å². The lowest BCUT2D eigenvalue weighted by Crippen LogP contribution is -2.53. The highest BCUT2D eigenvalue weighted by molar-refractivity contribution is 5.94. The first-order valence-corrected chi connectivity index (χ1v) is 11.6. The van der Waals surface area contributed by atoms with Crippen LogP contribution in [-0.2, 0) is 39.4 Å². The maximum Gasteiger partial charge on any atom is 0.412 e. The van der Waals surface area contributed by atoms with E-state index in [2.05, 4.69) is 15.6 Å². The van der Waals surface area contributed by atoms with Gasteiger partial charge in [0, 0.05) is 25.6 Å². The van der Waals surface area contributed by atoms with E-state index in [1.807, 2.05) is 30.3 Å². The molecule has 1 atom stereocenters. The second-order valence-electron chi connectivity index (χ2n) is 8.67. The Labute approximate surface area is 213 Å². The maximum absolute atomic E-state index is 13.5. The van der Waals surface area contributed by atoms with Crippen LogP contribution in [0.5, 0.6) is 0 Å². The number of fused-ring (bicyclic) bond motifs is 1. The molecule has 0 saturated carbocycles. The molecule has 0 aliphatic carbocycles. The van der Waals surface area contributed by atoms with Gasteiger partial charge in [0.2, 0.25) is 5.91 Å². The van der Waals surface area contributed by atoms with Crippen LogP contribution in [0, 0.1) is 5.41 Å². The Morgan fingerprint density at radius 2 is 1.86 bits per heavy atom. The number of amidine groups is 1. The number of nitrogen functional groups attached to an aromatic ring is 1. The molecule has 0 radical (unpaired) electrons. The minimum absolute atomic E-state index is 0.0375. The van der Waals surface area contributed by atoms with Crippen LogP contribution in [0.3, 0.4) is 0 Å². The number of nitrogens with one attached hydrogen (secondary N) is 3. The highest BCUT2D eigenvalue weighted by Crippen LogP contribution is 2.31. The quantitative estimate of drug-likeness (QED) is 0.255. The maximum atomic E-state index is 13.5. The Hall–Kier alpha value is -4.51. The smallest absolute Gasteiger partial charge is 0.412 e. The molecule has 0 saturated heterocycles. The van der Waals surface area contributed by atoms with Crippen LogP contribution in [0.25, 0.3) is 0 Å². The van der Waals surface area contributed by atoms with Crippen LogP contribution in [0.4, 0.5) is 10.5 Å². The number of aromatic nitrogens is 2. The lowest BCUT2D eigenvalue weighted by molar-refractivity contribution is -0.132. The van der Waals surface area contributed by atoms with E-state index in [9.17, 15) is 14.4 Å². The van der Waals surface area contributed by atoms with Crippen LogP contribution in [0.1, 0.15) is 28.9 Å². The number of hydrogen-bond acceptors (Lipinski definition) is 7. The molecule has 0 fully saturated rings. The van der Waals surface area contributed by atoms with Crippen molar-refractivity contribution in [1.29, 1.82) is 5.41 Å². The molecule has 0 bridgehead atoms. The molecule has 11 heteroatoms. The summed E-state index contributed by atoms with van der Waals surface area (Å²) in [6.45, 7) is 0.179. The van der Waals surface area contributed by atoms with Crippen LogP contribution in [-0.4, -0.2) is 41.1 Å². The third-order valence-electron chi connectivity index (χ3n) is 6.20. The molecule has 192 valence electrons. The zero-order valence-corrected chi connectivity index (χ0v) is 20.3. The fraction of sp³-hybridized carbons (Fsp3) is 0.269. The zero-order valence-electron chi connectivity index (χ0n) is 20.3. The number of benzene rings is 2. The lowest BCUT2D eigenvalue weighted by Gasteiger charge is -2.29. The molecule has 37 heavy (non-hydrogen) atoms. The highest BCUT2D eigenvalue weighted by Gasteiger charge is 2.47. The third kappa shape index (κ3) is 5.51. The van der Waals surface area contributed by atoms with Gasteiger partial charge in [0.05, 0.1) is 12.8 Å². The van der Waals surface area contributed by atoms with Gasteiger partial charge < -0.3 is 20.5 Å². The van der Waals surface area contributed by atoms with Crippen LogP contribution < -0.4 is 21.9 Å². The van der Waals surface area contributed by atoms with E-state index in [0.717, 1.165) is 11.1 Å². The third-order valence-corrected chi connectivity index (χ3v) is 6.20. The van der Waals surface area contributed by atoms with E-state index in [1.165, 1.54) is 17.9 Å². The molecule has 1 unspecified atom stereocenters. The summed E-state index contributed by atoms with van der Waals surface area (Å²) in [6, 6.07) is 16.1. The molecule has 11 nitrogen and oxygen atoms in total. The predicted molar refractivity (Wildman–Crippen MR) is 136 cm³/mol. The van der Waals surface area contributed by atoms with Crippen molar-refractivity contribution in [1.82, 2.24) is 14.9 Å². The standard InChI is InChI=1S/C26H28N6O5/c1-36-16-26(24(34)30-13-17-7-9-19(10-8-17)22(27)28)12-11-21-29-14-20(23(33)32(21)26)31-25(35)37-15-18-5-3-2-4-6-18/h2-10,14H,11-13,15-16H2,1H3,(H3,27,28)(H,30,34)(H,31,35). The number of carbonyl (C=O) groups is 2. The molecular formula is C26H28N6O5. The fourth-order valence-corrected chi connectivity index (χ4v) is 4.30. The number of anilines is 1. The van der Waals surface area contributed by atoms with Gasteiger partial charge in [0.15, 0.2) is 5.54 Å². The second-order valence-corrected chi connectivity index (χ2v) is 8.67. The Kier molecular flexibility index (Phi) is 7.63. The van der Waals surface area contributed by atoms with Crippen LogP contribution in [0.2, 0.25) is 0 Å². The average molecular weight is 505 g/mol. The van der Waals surface area contributed by atoms with Gasteiger partial charge in [-0.3, -0.25) is 24.9 Å². The van der Waals surface area contributed by atoms with Crippen molar-refractivity contribution in [3.8, 4) is 0 Å². The summed E-state index contributed by atoms with van der Waals surface area (Å²) < 4.78 is 11.9. The number of carbonyl (C=O) groups excluding carboxylic acids is 2. The molecule has 5 N–H and O–H groups in total. The van der Waals surface area contributed by atoms with Crippen molar-refractivity contribution >= 4 is 23.5 Å². The van der Waals surface area contributed by atoms with Crippen molar-refractivity contribution in [3.63, 3.8) is 0 Å². The van der Waals surface area contributed by atoms with E-state index < -0.39 is 23.1 Å². The Morgan fingerprint density at radius 3 is 2.54 bits per heavy atom. The zero-order chi connectivity index (χ0) is 26.4. The van der Waals surface area contributed by atoms with Gasteiger partial charge in [-0.2, -0.15) is 0 Å². The monoisotopic (exact) mass is 504 g/mol. The highest BCUT2D eigenvalue weighted by atomic mass is 16.5. The van der Waals surface area contributed by atoms with E-state index >= 15 is 0 Å². The molecule has 2 aromatic carbocycles. The van der Waals surface area contributed by atoms with Crippen LogP contribution >= 0.6 is 0 Å². The summed E-state index contributed by atoms with van der Waals surface area (Å²) in [6.07, 6.45) is 1.16. The van der Waals surface area contributed by atoms with Gasteiger partial charge in [0.1, 0.15) is 24.0 Å². The number of ether oxygens (including phenoxy) is 2. The molecule has 2 amide bonds. The van der Waals surface area contributed by atoms with Crippen LogP contribution in [0.15, 0.2) is 65.6 Å². The number of hydrogen-bond donors (Lipinski definition) is 4. The normalized spacial score (nSPS) is 16.0. The first-order valence-electron chi connectivity index (χ1n) is 11.6. The van der Waals surface area contributed by atoms with E-state index in [1.54, 1.807) is 24.3 Å². The van der Waals surface area contributed by atoms with E-state index in [0.29, 0.717) is 24.2 Å². The van der Waals surface area contributed by atoms with Crippen molar-refractivity contribution < 1.29 is 19.1 Å². The van der Waals surface area contributed by atoms with E-state index in [-0.39, 0.29) is 31.3 Å². The summed E-state index contributed by atoms with van der Waals surface area (Å²) >= 11 is 0. The summed E-state index contributed by atoms with van der Waals surface area (Å²) in [5, 5.41) is 12.8. The molecule has 2 heterocycles. The topological polar surface area (TPSA) is 161 Å². The van der Waals surface area contributed by atoms with Gasteiger partial charge in [-0.05, 0) is 17.5 Å². The SMILES string of the molecule is COCC1(C(=O)NCc2ccc(C(=N)N)cc2)CCc2ncc(NC(=O)OCc3ccccc3)c(=O)n21. The summed E-state index contributed by atoms with van der Waals surface area (Å²) in [5.74, 6) is -0.0277. The van der Waals surface area contributed by atoms with Gasteiger partial charge >= 0.3 is 6.09 Å². The number of nitrogens with two attached hydrogens (primary N) is 1. The first-order chi connectivity index (χ1) is 17.8. The molecule has 3 aromatic rings. The Bertz CT molecular complexity index is 1350. The molecule has 1 aliphatic heterocycles. The lowest BCUT2D eigenvalue weighted by atomic mass is 9.96. The number of rotatable bonds is 9. The van der Waals surface area contributed by atoms with E-state index in [4.69, 9.17) is 20.6 Å². The van der Waals surface area contributed by atoms with Crippen molar-refractivity contribution in [2.75, 3.05) is 19.0 Å².